The molecule has 1 saturated carbocycles. The molecule has 0 atom stereocenters. The van der Waals surface area contributed by atoms with Crippen LogP contribution in [-0.2, 0) is 6.54 Å². The summed E-state index contributed by atoms with van der Waals surface area (Å²) in [5.74, 6) is 0.905. The maximum atomic E-state index is 13.2. The number of ether oxygens (including phenoxy) is 1. The van der Waals surface area contributed by atoms with Crippen LogP contribution in [-0.4, -0.2) is 11.0 Å². The lowest BCUT2D eigenvalue weighted by atomic mass is 10.2. The van der Waals surface area contributed by atoms with Crippen molar-refractivity contribution in [2.75, 3.05) is 0 Å². The summed E-state index contributed by atoms with van der Waals surface area (Å²) < 4.78 is 18.9. The van der Waals surface area contributed by atoms with Crippen molar-refractivity contribution in [2.24, 2.45) is 0 Å². The molecule has 20 heavy (non-hydrogen) atoms. The number of benzene rings is 1. The highest BCUT2D eigenvalue weighted by atomic mass is 19.1. The summed E-state index contributed by atoms with van der Waals surface area (Å²) in [6.45, 7) is 2.54. The van der Waals surface area contributed by atoms with Crippen molar-refractivity contribution in [3.05, 3.63) is 53.5 Å². The molecule has 0 bridgehead atoms. The largest absolute Gasteiger partial charge is 0.439 e. The molecular formula is C16H17FN2O. The Morgan fingerprint density at radius 2 is 2.15 bits per heavy atom. The predicted octanol–water partition coefficient (Wildman–Crippen LogP) is 3.57. The van der Waals surface area contributed by atoms with E-state index in [1.807, 2.05) is 12.1 Å². The zero-order chi connectivity index (χ0) is 13.9. The van der Waals surface area contributed by atoms with Gasteiger partial charge in [-0.05, 0) is 55.2 Å². The quantitative estimate of drug-likeness (QED) is 0.903. The van der Waals surface area contributed by atoms with Crippen molar-refractivity contribution in [3.8, 4) is 11.6 Å². The molecule has 104 valence electrons. The SMILES string of the molecule is Cc1cc(Oc2cc(CNC3CC3)ccn2)ccc1F. The van der Waals surface area contributed by atoms with Crippen molar-refractivity contribution in [3.63, 3.8) is 0 Å². The van der Waals surface area contributed by atoms with Gasteiger partial charge in [0.25, 0.3) is 0 Å². The van der Waals surface area contributed by atoms with Crippen LogP contribution in [0.15, 0.2) is 36.5 Å². The van der Waals surface area contributed by atoms with Crippen LogP contribution in [0.3, 0.4) is 0 Å². The lowest BCUT2D eigenvalue weighted by Gasteiger charge is -2.08. The van der Waals surface area contributed by atoms with Crippen LogP contribution >= 0.6 is 0 Å². The highest BCUT2D eigenvalue weighted by Crippen LogP contribution is 2.23. The molecule has 0 amide bonds. The molecule has 1 aromatic carbocycles. The van der Waals surface area contributed by atoms with Gasteiger partial charge in [-0.25, -0.2) is 9.37 Å². The van der Waals surface area contributed by atoms with Crippen LogP contribution in [0.2, 0.25) is 0 Å². The van der Waals surface area contributed by atoms with Gasteiger partial charge in [0.15, 0.2) is 0 Å². The maximum Gasteiger partial charge on any atom is 0.219 e. The van der Waals surface area contributed by atoms with Crippen molar-refractivity contribution < 1.29 is 9.13 Å². The molecule has 0 saturated heterocycles. The third-order valence-corrected chi connectivity index (χ3v) is 3.32. The summed E-state index contributed by atoms with van der Waals surface area (Å²) in [4.78, 5) is 4.19. The molecule has 1 N–H and O–H groups in total. The molecule has 3 rings (SSSR count). The molecule has 1 aromatic heterocycles. The van der Waals surface area contributed by atoms with Crippen LogP contribution in [0, 0.1) is 12.7 Å². The Bertz CT molecular complexity index is 611. The summed E-state index contributed by atoms with van der Waals surface area (Å²) in [7, 11) is 0. The Hall–Kier alpha value is -1.94. The smallest absolute Gasteiger partial charge is 0.219 e. The number of aromatic nitrogens is 1. The average Bonchev–Trinajstić information content (AvgIpc) is 3.25. The lowest BCUT2D eigenvalue weighted by molar-refractivity contribution is 0.459. The normalized spacial score (nSPS) is 14.3. The molecule has 1 aliphatic rings. The number of rotatable bonds is 5. The minimum atomic E-state index is -0.229. The summed E-state index contributed by atoms with van der Waals surface area (Å²) >= 11 is 0. The monoisotopic (exact) mass is 272 g/mol. The number of nitrogens with zero attached hydrogens (tertiary/aromatic N) is 1. The molecular weight excluding hydrogens is 255 g/mol. The van der Waals surface area contributed by atoms with Crippen LogP contribution in [0.5, 0.6) is 11.6 Å². The van der Waals surface area contributed by atoms with E-state index in [0.29, 0.717) is 23.2 Å². The molecule has 4 heteroatoms. The van der Waals surface area contributed by atoms with Gasteiger partial charge in [0.2, 0.25) is 5.88 Å². The first kappa shape index (κ1) is 13.1. The number of nitrogens with one attached hydrogen (secondary N) is 1. The Labute approximate surface area is 117 Å². The van der Waals surface area contributed by atoms with Crippen LogP contribution < -0.4 is 10.1 Å². The topological polar surface area (TPSA) is 34.1 Å². The fourth-order valence-corrected chi connectivity index (χ4v) is 1.97. The first-order valence-corrected chi connectivity index (χ1v) is 6.83. The summed E-state index contributed by atoms with van der Waals surface area (Å²) in [6, 6.07) is 9.24. The molecule has 1 fully saturated rings. The highest BCUT2D eigenvalue weighted by Gasteiger charge is 2.19. The van der Waals surface area contributed by atoms with Crippen LogP contribution in [0.25, 0.3) is 0 Å². The highest BCUT2D eigenvalue weighted by molar-refractivity contribution is 5.32. The van der Waals surface area contributed by atoms with E-state index in [1.165, 1.54) is 18.9 Å². The van der Waals surface area contributed by atoms with E-state index in [0.717, 1.165) is 12.1 Å². The fraction of sp³-hybridized carbons (Fsp3) is 0.312. The molecule has 0 unspecified atom stereocenters. The zero-order valence-electron chi connectivity index (χ0n) is 11.4. The maximum absolute atomic E-state index is 13.2. The number of halogens is 1. The van der Waals surface area contributed by atoms with Gasteiger partial charge in [-0.1, -0.05) is 0 Å². The van der Waals surface area contributed by atoms with E-state index in [1.54, 1.807) is 25.3 Å². The fourth-order valence-electron chi connectivity index (χ4n) is 1.97. The van der Waals surface area contributed by atoms with E-state index < -0.39 is 0 Å². The summed E-state index contributed by atoms with van der Waals surface area (Å²) in [6.07, 6.45) is 4.27. The first-order valence-electron chi connectivity index (χ1n) is 6.83. The molecule has 2 aromatic rings. The molecule has 0 aliphatic heterocycles. The first-order chi connectivity index (χ1) is 9.70. The second kappa shape index (κ2) is 5.59. The van der Waals surface area contributed by atoms with Gasteiger partial charge in [-0.2, -0.15) is 0 Å². The minimum absolute atomic E-state index is 0.229. The second-order valence-electron chi connectivity index (χ2n) is 5.17. The van der Waals surface area contributed by atoms with Gasteiger partial charge >= 0.3 is 0 Å². The van der Waals surface area contributed by atoms with Gasteiger partial charge in [-0.15, -0.1) is 0 Å². The van der Waals surface area contributed by atoms with Crippen molar-refractivity contribution in [1.29, 1.82) is 0 Å². The Morgan fingerprint density at radius 3 is 2.90 bits per heavy atom. The number of hydrogen-bond donors (Lipinski definition) is 1. The average molecular weight is 272 g/mol. The van der Waals surface area contributed by atoms with Crippen LogP contribution in [0.1, 0.15) is 24.0 Å². The third kappa shape index (κ3) is 3.33. The number of aryl methyl sites for hydroxylation is 1. The minimum Gasteiger partial charge on any atom is -0.439 e. The zero-order valence-corrected chi connectivity index (χ0v) is 11.4. The Morgan fingerprint density at radius 1 is 1.30 bits per heavy atom. The van der Waals surface area contributed by atoms with Crippen molar-refractivity contribution >= 4 is 0 Å². The van der Waals surface area contributed by atoms with E-state index in [-0.39, 0.29) is 5.82 Å². The summed E-state index contributed by atoms with van der Waals surface area (Å²) in [5.41, 5.74) is 1.70. The number of pyridine rings is 1. The standard InChI is InChI=1S/C16H17FN2O/c1-11-8-14(4-5-15(11)17)20-16-9-12(6-7-18-16)10-19-13-2-3-13/h4-9,13,19H,2-3,10H2,1H3. The number of hydrogen-bond acceptors (Lipinski definition) is 3. The molecule has 1 aliphatic carbocycles. The molecule has 0 spiro atoms. The van der Waals surface area contributed by atoms with Gasteiger partial charge in [0.1, 0.15) is 11.6 Å². The molecule has 3 nitrogen and oxygen atoms in total. The Kier molecular flexibility index (Phi) is 3.65. The van der Waals surface area contributed by atoms with E-state index in [9.17, 15) is 4.39 Å². The van der Waals surface area contributed by atoms with Crippen molar-refractivity contribution in [2.45, 2.75) is 32.4 Å². The predicted molar refractivity (Wildman–Crippen MR) is 75.3 cm³/mol. The molecule has 1 heterocycles. The van der Waals surface area contributed by atoms with E-state index in [2.05, 4.69) is 10.3 Å². The van der Waals surface area contributed by atoms with E-state index >= 15 is 0 Å². The van der Waals surface area contributed by atoms with E-state index in [4.69, 9.17) is 4.74 Å². The van der Waals surface area contributed by atoms with Gasteiger partial charge < -0.3 is 10.1 Å². The van der Waals surface area contributed by atoms with Gasteiger partial charge in [0, 0.05) is 24.8 Å². The van der Waals surface area contributed by atoms with Gasteiger partial charge in [0.05, 0.1) is 0 Å². The lowest BCUT2D eigenvalue weighted by Crippen LogP contribution is -2.15. The second-order valence-corrected chi connectivity index (χ2v) is 5.17. The van der Waals surface area contributed by atoms with Crippen LogP contribution in [0.4, 0.5) is 4.39 Å². The Balaban J connectivity index is 1.69. The third-order valence-electron chi connectivity index (χ3n) is 3.32. The molecule has 0 radical (unpaired) electrons. The summed E-state index contributed by atoms with van der Waals surface area (Å²) in [5, 5.41) is 3.45. The van der Waals surface area contributed by atoms with Gasteiger partial charge in [-0.3, -0.25) is 0 Å². The van der Waals surface area contributed by atoms with Crippen molar-refractivity contribution in [1.82, 2.24) is 10.3 Å².